The third kappa shape index (κ3) is 3.40. The number of benzene rings is 1. The number of hydrogen-bond donors (Lipinski definition) is 2. The van der Waals surface area contributed by atoms with E-state index >= 15 is 0 Å². The van der Waals surface area contributed by atoms with Crippen LogP contribution in [0.3, 0.4) is 0 Å². The van der Waals surface area contributed by atoms with E-state index in [0.29, 0.717) is 11.3 Å². The first kappa shape index (κ1) is 13.7. The van der Waals surface area contributed by atoms with Crippen molar-refractivity contribution in [2.24, 2.45) is 5.14 Å². The van der Waals surface area contributed by atoms with Crippen LogP contribution < -0.4 is 10.5 Å². The van der Waals surface area contributed by atoms with Crippen LogP contribution in [0, 0.1) is 0 Å². The zero-order valence-corrected chi connectivity index (χ0v) is 11.9. The summed E-state index contributed by atoms with van der Waals surface area (Å²) in [6.07, 6.45) is 2.31. The molecule has 4 nitrogen and oxygen atoms in total. The molecule has 1 heterocycles. The van der Waals surface area contributed by atoms with Gasteiger partial charge < -0.3 is 5.32 Å². The summed E-state index contributed by atoms with van der Waals surface area (Å²) in [4.78, 5) is 0.156. The molecule has 18 heavy (non-hydrogen) atoms. The molecule has 0 saturated carbocycles. The first-order valence-corrected chi connectivity index (χ1v) is 8.57. The van der Waals surface area contributed by atoms with E-state index in [0.717, 1.165) is 12.1 Å². The summed E-state index contributed by atoms with van der Waals surface area (Å²) < 4.78 is 22.6. The third-order valence-corrected chi connectivity index (χ3v) is 5.41. The first-order valence-electron chi connectivity index (χ1n) is 5.98. The molecular weight excluding hydrogens is 268 g/mol. The van der Waals surface area contributed by atoms with E-state index in [-0.39, 0.29) is 4.90 Å². The maximum atomic E-state index is 11.3. The lowest BCUT2D eigenvalue weighted by Gasteiger charge is -2.30. The summed E-state index contributed by atoms with van der Waals surface area (Å²) in [5, 5.41) is 9.07. The summed E-state index contributed by atoms with van der Waals surface area (Å²) in [7, 11) is -3.62. The molecule has 2 unspecified atom stereocenters. The maximum Gasteiger partial charge on any atom is 0.238 e. The zero-order valence-electron chi connectivity index (χ0n) is 10.3. The molecule has 2 atom stereocenters. The lowest BCUT2D eigenvalue weighted by molar-refractivity contribution is 0.597. The van der Waals surface area contributed by atoms with E-state index in [1.54, 1.807) is 12.1 Å². The average Bonchev–Trinajstić information content (AvgIpc) is 2.31. The van der Waals surface area contributed by atoms with Gasteiger partial charge in [-0.05, 0) is 36.8 Å². The van der Waals surface area contributed by atoms with Gasteiger partial charge >= 0.3 is 0 Å². The van der Waals surface area contributed by atoms with Crippen molar-refractivity contribution in [2.45, 2.75) is 36.0 Å². The second kappa shape index (κ2) is 5.50. The molecule has 1 saturated heterocycles. The molecule has 100 valence electrons. The quantitative estimate of drug-likeness (QED) is 0.892. The molecule has 1 aromatic rings. The molecule has 1 aromatic carbocycles. The maximum absolute atomic E-state index is 11.3. The molecule has 0 aliphatic carbocycles. The summed E-state index contributed by atoms with van der Waals surface area (Å²) in [6.45, 7) is 2.20. The molecule has 1 aliphatic rings. The van der Waals surface area contributed by atoms with Crippen LogP contribution in [0.15, 0.2) is 29.2 Å². The Balaban J connectivity index is 2.14. The summed E-state index contributed by atoms with van der Waals surface area (Å²) in [5.74, 6) is 1.20. The van der Waals surface area contributed by atoms with Crippen molar-refractivity contribution >= 4 is 27.5 Å². The molecule has 3 N–H and O–H groups in total. The standard InChI is InChI=1S/C12H18N2O2S2/c1-9-12(6-3-7-17-9)14-10-4-2-5-11(8-10)18(13,15)16/h2,4-5,8-9,12,14H,3,6-7H2,1H3,(H2,13,15,16). The molecule has 1 aliphatic heterocycles. The molecule has 0 bridgehead atoms. The van der Waals surface area contributed by atoms with Crippen molar-refractivity contribution in [3.05, 3.63) is 24.3 Å². The van der Waals surface area contributed by atoms with Gasteiger partial charge in [0.15, 0.2) is 0 Å². The molecule has 0 aromatic heterocycles. The number of nitrogens with one attached hydrogen (secondary N) is 1. The lowest BCUT2D eigenvalue weighted by Crippen LogP contribution is -2.32. The fraction of sp³-hybridized carbons (Fsp3) is 0.500. The van der Waals surface area contributed by atoms with Gasteiger partial charge in [0.05, 0.1) is 4.90 Å². The minimum Gasteiger partial charge on any atom is -0.381 e. The Morgan fingerprint density at radius 3 is 2.89 bits per heavy atom. The summed E-state index contributed by atoms with van der Waals surface area (Å²) >= 11 is 1.95. The van der Waals surface area contributed by atoms with Gasteiger partial charge in [0.1, 0.15) is 0 Å². The predicted octanol–water partition coefficient (Wildman–Crippen LogP) is 2.03. The molecular formula is C12H18N2O2S2. The highest BCUT2D eigenvalue weighted by Gasteiger charge is 2.21. The normalized spacial score (nSPS) is 24.8. The summed E-state index contributed by atoms with van der Waals surface area (Å²) in [5.41, 5.74) is 0.820. The Labute approximate surface area is 112 Å². The van der Waals surface area contributed by atoms with Gasteiger partial charge in [0.2, 0.25) is 10.0 Å². The molecule has 2 rings (SSSR count). The Morgan fingerprint density at radius 2 is 2.22 bits per heavy atom. The SMILES string of the molecule is CC1SCCCC1Nc1cccc(S(N)(=O)=O)c1. The lowest BCUT2D eigenvalue weighted by atomic mass is 10.1. The van der Waals surface area contributed by atoms with Gasteiger partial charge in [-0.25, -0.2) is 13.6 Å². The predicted molar refractivity (Wildman–Crippen MR) is 76.4 cm³/mol. The van der Waals surface area contributed by atoms with Crippen molar-refractivity contribution < 1.29 is 8.42 Å². The topological polar surface area (TPSA) is 72.2 Å². The largest absolute Gasteiger partial charge is 0.381 e. The van der Waals surface area contributed by atoms with Gasteiger partial charge in [-0.3, -0.25) is 0 Å². The Hall–Kier alpha value is -0.720. The average molecular weight is 286 g/mol. The van der Waals surface area contributed by atoms with Crippen LogP contribution in [0.2, 0.25) is 0 Å². The monoisotopic (exact) mass is 286 g/mol. The van der Waals surface area contributed by atoms with E-state index in [2.05, 4.69) is 12.2 Å². The van der Waals surface area contributed by atoms with E-state index in [9.17, 15) is 8.42 Å². The Kier molecular flexibility index (Phi) is 4.19. The number of anilines is 1. The minimum absolute atomic E-state index is 0.156. The number of thioether (sulfide) groups is 1. The van der Waals surface area contributed by atoms with Gasteiger partial charge in [-0.1, -0.05) is 13.0 Å². The van der Waals surface area contributed by atoms with Crippen LogP contribution in [0.5, 0.6) is 0 Å². The van der Waals surface area contributed by atoms with Gasteiger partial charge in [0.25, 0.3) is 0 Å². The van der Waals surface area contributed by atoms with Crippen LogP contribution in [0.1, 0.15) is 19.8 Å². The van der Waals surface area contributed by atoms with Crippen LogP contribution in [-0.4, -0.2) is 25.5 Å². The molecule has 6 heteroatoms. The van der Waals surface area contributed by atoms with Crippen molar-refractivity contribution in [2.75, 3.05) is 11.1 Å². The smallest absolute Gasteiger partial charge is 0.238 e. The van der Waals surface area contributed by atoms with Crippen LogP contribution in [0.4, 0.5) is 5.69 Å². The number of sulfonamides is 1. The van der Waals surface area contributed by atoms with Crippen LogP contribution in [-0.2, 0) is 10.0 Å². The highest BCUT2D eigenvalue weighted by molar-refractivity contribution is 8.00. The minimum atomic E-state index is -3.62. The molecule has 0 radical (unpaired) electrons. The van der Waals surface area contributed by atoms with Crippen LogP contribution >= 0.6 is 11.8 Å². The number of rotatable bonds is 3. The van der Waals surface area contributed by atoms with Gasteiger partial charge in [-0.2, -0.15) is 11.8 Å². The summed E-state index contributed by atoms with van der Waals surface area (Å²) in [6, 6.07) is 7.09. The first-order chi connectivity index (χ1) is 8.47. The zero-order chi connectivity index (χ0) is 13.2. The second-order valence-corrected chi connectivity index (χ2v) is 7.59. The Morgan fingerprint density at radius 1 is 1.44 bits per heavy atom. The van der Waals surface area contributed by atoms with E-state index in [1.807, 2.05) is 17.8 Å². The van der Waals surface area contributed by atoms with E-state index in [1.165, 1.54) is 18.2 Å². The molecule has 0 amide bonds. The third-order valence-electron chi connectivity index (χ3n) is 3.12. The number of primary sulfonamides is 1. The van der Waals surface area contributed by atoms with Crippen molar-refractivity contribution in [3.63, 3.8) is 0 Å². The highest BCUT2D eigenvalue weighted by Crippen LogP contribution is 2.28. The Bertz CT molecular complexity index is 517. The van der Waals surface area contributed by atoms with Crippen molar-refractivity contribution in [1.29, 1.82) is 0 Å². The van der Waals surface area contributed by atoms with Crippen LogP contribution in [0.25, 0.3) is 0 Å². The highest BCUT2D eigenvalue weighted by atomic mass is 32.2. The fourth-order valence-electron chi connectivity index (χ4n) is 2.09. The second-order valence-electron chi connectivity index (χ2n) is 4.54. The van der Waals surface area contributed by atoms with Crippen molar-refractivity contribution in [1.82, 2.24) is 0 Å². The fourth-order valence-corrected chi connectivity index (χ4v) is 3.79. The number of nitrogens with two attached hydrogens (primary N) is 1. The van der Waals surface area contributed by atoms with Gasteiger partial charge in [0, 0.05) is 17.0 Å². The van der Waals surface area contributed by atoms with E-state index < -0.39 is 10.0 Å². The molecule has 1 fully saturated rings. The van der Waals surface area contributed by atoms with E-state index in [4.69, 9.17) is 5.14 Å². The number of hydrogen-bond acceptors (Lipinski definition) is 4. The molecule has 0 spiro atoms. The van der Waals surface area contributed by atoms with Crippen molar-refractivity contribution in [3.8, 4) is 0 Å². The van der Waals surface area contributed by atoms with Gasteiger partial charge in [-0.15, -0.1) is 0 Å².